The molecule has 0 aliphatic carbocycles. The Morgan fingerprint density at radius 2 is 2.38 bits per heavy atom. The maximum Gasteiger partial charge on any atom is 0.253 e. The van der Waals surface area contributed by atoms with E-state index in [1.54, 1.807) is 25.4 Å². The lowest BCUT2D eigenvalue weighted by Crippen LogP contribution is -2.37. The first-order valence-corrected chi connectivity index (χ1v) is 5.88. The highest BCUT2D eigenvalue weighted by molar-refractivity contribution is 9.10. The van der Waals surface area contributed by atoms with E-state index in [-0.39, 0.29) is 11.9 Å². The van der Waals surface area contributed by atoms with E-state index >= 15 is 0 Å². The molecule has 1 N–H and O–H groups in total. The van der Waals surface area contributed by atoms with Crippen LogP contribution in [0.3, 0.4) is 0 Å². The predicted molar refractivity (Wildman–Crippen MR) is 65.4 cm³/mol. The van der Waals surface area contributed by atoms with Crippen LogP contribution in [0.25, 0.3) is 0 Å². The summed E-state index contributed by atoms with van der Waals surface area (Å²) in [4.78, 5) is 15.8. The van der Waals surface area contributed by atoms with E-state index in [1.165, 1.54) is 0 Å². The van der Waals surface area contributed by atoms with Gasteiger partial charge in [0.25, 0.3) is 5.91 Å². The number of hydrogen-bond donors (Lipinski definition) is 1. The average Bonchev–Trinajstić information content (AvgIpc) is 2.29. The number of nitrogens with one attached hydrogen (secondary N) is 1. The van der Waals surface area contributed by atoms with Gasteiger partial charge in [-0.05, 0) is 34.5 Å². The molecule has 1 heterocycles. The minimum absolute atomic E-state index is 0.0427. The molecule has 0 fully saturated rings. The van der Waals surface area contributed by atoms with E-state index in [4.69, 9.17) is 4.74 Å². The standard InChI is InChI=1S/C11H15BrN2O2/c1-3-9(7-16-2)14-11(15)8-4-5-10(12)13-6-8/h4-6,9H,3,7H2,1-2H3,(H,14,15). The van der Waals surface area contributed by atoms with Gasteiger partial charge in [0.2, 0.25) is 0 Å². The quantitative estimate of drug-likeness (QED) is 0.843. The Morgan fingerprint density at radius 1 is 1.62 bits per heavy atom. The number of amides is 1. The van der Waals surface area contributed by atoms with Crippen LogP contribution in [0, 0.1) is 0 Å². The van der Waals surface area contributed by atoms with Crippen molar-refractivity contribution in [1.82, 2.24) is 10.3 Å². The summed E-state index contributed by atoms with van der Waals surface area (Å²) < 4.78 is 5.73. The molecular formula is C11H15BrN2O2. The first-order chi connectivity index (χ1) is 7.67. The van der Waals surface area contributed by atoms with E-state index in [9.17, 15) is 4.79 Å². The van der Waals surface area contributed by atoms with Crippen LogP contribution in [-0.4, -0.2) is 30.6 Å². The molecular weight excluding hydrogens is 272 g/mol. The molecule has 1 aromatic heterocycles. The molecule has 1 unspecified atom stereocenters. The minimum atomic E-state index is -0.121. The fraction of sp³-hybridized carbons (Fsp3) is 0.455. The van der Waals surface area contributed by atoms with Gasteiger partial charge in [-0.15, -0.1) is 0 Å². The van der Waals surface area contributed by atoms with Gasteiger partial charge in [0.15, 0.2) is 0 Å². The van der Waals surface area contributed by atoms with Crippen molar-refractivity contribution in [3.8, 4) is 0 Å². The number of ether oxygens (including phenoxy) is 1. The van der Waals surface area contributed by atoms with Gasteiger partial charge < -0.3 is 10.1 Å². The lowest BCUT2D eigenvalue weighted by atomic mass is 10.2. The summed E-state index contributed by atoms with van der Waals surface area (Å²) in [5.74, 6) is -0.121. The van der Waals surface area contributed by atoms with Crippen LogP contribution in [0.2, 0.25) is 0 Å². The Kier molecular flexibility index (Phi) is 5.42. The maximum atomic E-state index is 11.8. The van der Waals surface area contributed by atoms with Gasteiger partial charge in [0, 0.05) is 13.3 Å². The summed E-state index contributed by atoms with van der Waals surface area (Å²) in [6.45, 7) is 2.52. The van der Waals surface area contributed by atoms with Crippen LogP contribution in [-0.2, 0) is 4.74 Å². The number of methoxy groups -OCH3 is 1. The third kappa shape index (κ3) is 3.90. The molecule has 1 aromatic rings. The van der Waals surface area contributed by atoms with E-state index in [0.29, 0.717) is 16.8 Å². The first kappa shape index (κ1) is 13.1. The first-order valence-electron chi connectivity index (χ1n) is 5.08. The van der Waals surface area contributed by atoms with Crippen LogP contribution in [0.5, 0.6) is 0 Å². The van der Waals surface area contributed by atoms with Gasteiger partial charge in [-0.2, -0.15) is 0 Å². The van der Waals surface area contributed by atoms with E-state index < -0.39 is 0 Å². The van der Waals surface area contributed by atoms with Gasteiger partial charge in [-0.1, -0.05) is 6.92 Å². The van der Waals surface area contributed by atoms with E-state index in [2.05, 4.69) is 26.2 Å². The van der Waals surface area contributed by atoms with Gasteiger partial charge in [-0.3, -0.25) is 4.79 Å². The van der Waals surface area contributed by atoms with Crippen molar-refractivity contribution in [2.45, 2.75) is 19.4 Å². The highest BCUT2D eigenvalue weighted by Crippen LogP contribution is 2.06. The van der Waals surface area contributed by atoms with Crippen LogP contribution < -0.4 is 5.32 Å². The Balaban J connectivity index is 2.60. The highest BCUT2D eigenvalue weighted by Gasteiger charge is 2.11. The van der Waals surface area contributed by atoms with Crippen LogP contribution in [0.15, 0.2) is 22.9 Å². The molecule has 0 spiro atoms. The third-order valence-corrected chi connectivity index (χ3v) is 2.65. The summed E-state index contributed by atoms with van der Waals surface area (Å²) in [5, 5.41) is 2.88. The summed E-state index contributed by atoms with van der Waals surface area (Å²) in [7, 11) is 1.62. The van der Waals surface area contributed by atoms with Gasteiger partial charge >= 0.3 is 0 Å². The Bertz CT molecular complexity index is 340. The number of nitrogens with zero attached hydrogens (tertiary/aromatic N) is 1. The summed E-state index contributed by atoms with van der Waals surface area (Å²) in [6.07, 6.45) is 2.38. The monoisotopic (exact) mass is 286 g/mol. The molecule has 4 nitrogen and oxygen atoms in total. The van der Waals surface area contributed by atoms with Crippen molar-refractivity contribution in [3.63, 3.8) is 0 Å². The van der Waals surface area contributed by atoms with Crippen molar-refractivity contribution in [2.24, 2.45) is 0 Å². The summed E-state index contributed by atoms with van der Waals surface area (Å²) >= 11 is 3.22. The smallest absolute Gasteiger partial charge is 0.253 e. The second kappa shape index (κ2) is 6.60. The molecule has 0 radical (unpaired) electrons. The highest BCUT2D eigenvalue weighted by atomic mass is 79.9. The normalized spacial score (nSPS) is 12.2. The molecule has 1 atom stereocenters. The number of halogens is 1. The molecule has 0 saturated carbocycles. The van der Waals surface area contributed by atoms with Gasteiger partial charge in [-0.25, -0.2) is 4.98 Å². The number of hydrogen-bond acceptors (Lipinski definition) is 3. The van der Waals surface area contributed by atoms with Crippen molar-refractivity contribution < 1.29 is 9.53 Å². The van der Waals surface area contributed by atoms with Crippen LogP contribution >= 0.6 is 15.9 Å². The zero-order valence-corrected chi connectivity index (χ0v) is 11.0. The average molecular weight is 287 g/mol. The van der Waals surface area contributed by atoms with Crippen molar-refractivity contribution in [1.29, 1.82) is 0 Å². The fourth-order valence-electron chi connectivity index (χ4n) is 1.24. The molecule has 5 heteroatoms. The van der Waals surface area contributed by atoms with Crippen LogP contribution in [0.1, 0.15) is 23.7 Å². The predicted octanol–water partition coefficient (Wildman–Crippen LogP) is 2.00. The number of aromatic nitrogens is 1. The number of carbonyl (C=O) groups excluding carboxylic acids is 1. The molecule has 88 valence electrons. The third-order valence-electron chi connectivity index (χ3n) is 2.19. The minimum Gasteiger partial charge on any atom is -0.383 e. The molecule has 16 heavy (non-hydrogen) atoms. The zero-order valence-electron chi connectivity index (χ0n) is 9.37. The lowest BCUT2D eigenvalue weighted by molar-refractivity contribution is 0.0894. The second-order valence-electron chi connectivity index (χ2n) is 3.40. The van der Waals surface area contributed by atoms with Crippen LogP contribution in [0.4, 0.5) is 0 Å². The Morgan fingerprint density at radius 3 is 2.88 bits per heavy atom. The second-order valence-corrected chi connectivity index (χ2v) is 4.22. The topological polar surface area (TPSA) is 51.2 Å². The molecule has 1 rings (SSSR count). The van der Waals surface area contributed by atoms with Gasteiger partial charge in [0.05, 0.1) is 18.2 Å². The van der Waals surface area contributed by atoms with Crippen molar-refractivity contribution in [2.75, 3.05) is 13.7 Å². The molecule has 0 aromatic carbocycles. The summed E-state index contributed by atoms with van der Waals surface area (Å²) in [6, 6.07) is 3.51. The zero-order chi connectivity index (χ0) is 12.0. The maximum absolute atomic E-state index is 11.8. The summed E-state index contributed by atoms with van der Waals surface area (Å²) in [5.41, 5.74) is 0.553. The lowest BCUT2D eigenvalue weighted by Gasteiger charge is -2.15. The molecule has 0 aliphatic heterocycles. The number of carbonyl (C=O) groups is 1. The van der Waals surface area contributed by atoms with Gasteiger partial charge in [0.1, 0.15) is 4.60 Å². The number of pyridine rings is 1. The Labute approximate surface area is 104 Å². The van der Waals surface area contributed by atoms with E-state index in [0.717, 1.165) is 6.42 Å². The molecule has 0 aliphatic rings. The molecule has 0 bridgehead atoms. The Hall–Kier alpha value is -0.940. The molecule has 0 saturated heterocycles. The molecule has 1 amide bonds. The van der Waals surface area contributed by atoms with Crippen molar-refractivity contribution in [3.05, 3.63) is 28.5 Å². The largest absolute Gasteiger partial charge is 0.383 e. The van der Waals surface area contributed by atoms with E-state index in [1.807, 2.05) is 6.92 Å². The fourth-order valence-corrected chi connectivity index (χ4v) is 1.48. The SMILES string of the molecule is CCC(COC)NC(=O)c1ccc(Br)nc1. The number of rotatable bonds is 5. The van der Waals surface area contributed by atoms with Crippen molar-refractivity contribution >= 4 is 21.8 Å².